The lowest BCUT2D eigenvalue weighted by Crippen LogP contribution is -2.33. The molecule has 2 aromatic heterocycles. The van der Waals surface area contributed by atoms with Crippen LogP contribution in [-0.4, -0.2) is 49.4 Å². The number of fused-ring (bicyclic) bond motifs is 1. The average Bonchev–Trinajstić information content (AvgIpc) is 3.11. The number of carbonyl (C=O) groups excluding carboxylic acids is 2. The molecule has 2 rings (SSSR count). The van der Waals surface area contributed by atoms with E-state index in [9.17, 15) is 9.59 Å². The maximum absolute atomic E-state index is 12.1. The van der Waals surface area contributed by atoms with Gasteiger partial charge in [0, 0.05) is 20.2 Å². The van der Waals surface area contributed by atoms with E-state index in [0.29, 0.717) is 25.4 Å². The highest BCUT2D eigenvalue weighted by Gasteiger charge is 2.15. The average molecular weight is 423 g/mol. The Bertz CT molecular complexity index is 816. The lowest BCUT2D eigenvalue weighted by atomic mass is 10.2. The van der Waals surface area contributed by atoms with Gasteiger partial charge in [0.2, 0.25) is 5.91 Å². The number of unbranched alkanes of at least 4 members (excludes halogenated alkanes) is 1. The van der Waals surface area contributed by atoms with Crippen molar-refractivity contribution in [3.63, 3.8) is 0 Å². The largest absolute Gasteiger partial charge is 0.444 e. The molecule has 8 nitrogen and oxygen atoms in total. The van der Waals surface area contributed by atoms with Crippen LogP contribution in [0.3, 0.4) is 0 Å². The van der Waals surface area contributed by atoms with Gasteiger partial charge in [-0.3, -0.25) is 9.78 Å². The minimum absolute atomic E-state index is 0.117. The van der Waals surface area contributed by atoms with Crippen molar-refractivity contribution in [3.05, 3.63) is 17.6 Å². The lowest BCUT2D eigenvalue weighted by molar-refractivity contribution is -0.117. The molecule has 9 heteroatoms. The predicted octanol–water partition coefficient (Wildman–Crippen LogP) is 3.99. The molecular weight excluding hydrogens is 392 g/mol. The van der Waals surface area contributed by atoms with Crippen LogP contribution in [0.4, 0.5) is 16.2 Å². The van der Waals surface area contributed by atoms with Gasteiger partial charge in [0.15, 0.2) is 0 Å². The molecule has 29 heavy (non-hydrogen) atoms. The second-order valence-corrected chi connectivity index (χ2v) is 8.45. The number of nitrogens with zero attached hydrogens (tertiary/aromatic N) is 1. The molecule has 0 fully saturated rings. The Morgan fingerprint density at radius 3 is 2.69 bits per heavy atom. The molecule has 0 aromatic carbocycles. The van der Waals surface area contributed by atoms with Gasteiger partial charge < -0.3 is 25.4 Å². The highest BCUT2D eigenvalue weighted by Crippen LogP contribution is 2.33. The van der Waals surface area contributed by atoms with Crippen molar-refractivity contribution in [2.75, 3.05) is 37.4 Å². The molecule has 0 unspecified atom stereocenters. The Labute approximate surface area is 175 Å². The number of thiophene rings is 1. The van der Waals surface area contributed by atoms with Crippen molar-refractivity contribution in [2.24, 2.45) is 0 Å². The van der Waals surface area contributed by atoms with Crippen molar-refractivity contribution in [3.8, 4) is 0 Å². The number of hydrogen-bond donors (Lipinski definition) is 3. The number of amides is 2. The van der Waals surface area contributed by atoms with Crippen LogP contribution in [0.15, 0.2) is 17.6 Å². The topological polar surface area (TPSA) is 102 Å². The van der Waals surface area contributed by atoms with E-state index >= 15 is 0 Å². The van der Waals surface area contributed by atoms with Crippen molar-refractivity contribution in [1.29, 1.82) is 0 Å². The van der Waals surface area contributed by atoms with Crippen LogP contribution < -0.4 is 16.0 Å². The monoisotopic (exact) mass is 422 g/mol. The zero-order valence-electron chi connectivity index (χ0n) is 17.5. The van der Waals surface area contributed by atoms with E-state index in [2.05, 4.69) is 20.9 Å². The van der Waals surface area contributed by atoms with Crippen molar-refractivity contribution < 1.29 is 19.1 Å². The number of rotatable bonds is 10. The van der Waals surface area contributed by atoms with Gasteiger partial charge in [-0.2, -0.15) is 0 Å². The Morgan fingerprint density at radius 1 is 1.21 bits per heavy atom. The summed E-state index contributed by atoms with van der Waals surface area (Å²) in [4.78, 5) is 28.1. The Kier molecular flexibility index (Phi) is 8.66. The quantitative estimate of drug-likeness (QED) is 0.501. The molecule has 0 aliphatic rings. The SMILES string of the molecule is COCCC(=O)Nc1cnc2ccsc2c1NCCCCNC(=O)OC(C)(C)C. The van der Waals surface area contributed by atoms with Crippen LogP contribution in [0.1, 0.15) is 40.0 Å². The van der Waals surface area contributed by atoms with Gasteiger partial charge in [-0.1, -0.05) is 0 Å². The first kappa shape index (κ1) is 22.9. The number of anilines is 2. The molecule has 2 amide bonds. The second kappa shape index (κ2) is 11.0. The number of methoxy groups -OCH3 is 1. The number of ether oxygens (including phenoxy) is 2. The van der Waals surface area contributed by atoms with Gasteiger partial charge in [0.25, 0.3) is 0 Å². The van der Waals surface area contributed by atoms with Gasteiger partial charge in [-0.15, -0.1) is 11.3 Å². The van der Waals surface area contributed by atoms with E-state index in [-0.39, 0.29) is 12.3 Å². The van der Waals surface area contributed by atoms with Gasteiger partial charge in [-0.05, 0) is 45.1 Å². The molecule has 0 saturated heterocycles. The molecule has 3 N–H and O–H groups in total. The maximum Gasteiger partial charge on any atom is 0.407 e. The smallest absolute Gasteiger partial charge is 0.407 e. The molecule has 160 valence electrons. The van der Waals surface area contributed by atoms with Crippen LogP contribution in [0, 0.1) is 0 Å². The summed E-state index contributed by atoms with van der Waals surface area (Å²) < 4.78 is 11.2. The third-order valence-corrected chi connectivity index (χ3v) is 4.78. The van der Waals surface area contributed by atoms with Gasteiger partial charge in [-0.25, -0.2) is 4.79 Å². The standard InChI is InChI=1S/C20H30N4O4S/c1-20(2,3)28-19(26)22-10-6-5-9-21-17-15(24-16(25)7-11-27-4)13-23-14-8-12-29-18(14)17/h8,12-13H,5-7,9-11H2,1-4H3,(H,21,23)(H,22,26)(H,24,25). The molecule has 0 bridgehead atoms. The van der Waals surface area contributed by atoms with Crippen molar-refractivity contribution >= 4 is 44.9 Å². The third-order valence-electron chi connectivity index (χ3n) is 3.85. The molecule has 0 aliphatic heterocycles. The molecular formula is C20H30N4O4S. The van der Waals surface area contributed by atoms with Crippen LogP contribution in [-0.2, 0) is 14.3 Å². The summed E-state index contributed by atoms with van der Waals surface area (Å²) in [6.07, 6.45) is 3.21. The molecule has 0 atom stereocenters. The third kappa shape index (κ3) is 7.86. The van der Waals surface area contributed by atoms with Crippen LogP contribution in [0.2, 0.25) is 0 Å². The second-order valence-electron chi connectivity index (χ2n) is 7.54. The summed E-state index contributed by atoms with van der Waals surface area (Å²) in [5.41, 5.74) is 1.92. The normalized spacial score (nSPS) is 11.3. The molecule has 0 radical (unpaired) electrons. The number of aromatic nitrogens is 1. The minimum Gasteiger partial charge on any atom is -0.444 e. The Morgan fingerprint density at radius 2 is 1.97 bits per heavy atom. The number of alkyl carbamates (subject to hydrolysis) is 1. The van der Waals surface area contributed by atoms with E-state index < -0.39 is 11.7 Å². The Hall–Kier alpha value is -2.39. The van der Waals surface area contributed by atoms with Gasteiger partial charge in [0.05, 0.1) is 40.8 Å². The number of carbonyl (C=O) groups is 2. The first-order valence-corrected chi connectivity index (χ1v) is 10.5. The van der Waals surface area contributed by atoms with E-state index in [1.807, 2.05) is 32.2 Å². The molecule has 0 aliphatic carbocycles. The van der Waals surface area contributed by atoms with E-state index in [4.69, 9.17) is 9.47 Å². The summed E-state index contributed by atoms with van der Waals surface area (Å²) in [6, 6.07) is 1.95. The number of nitrogens with one attached hydrogen (secondary N) is 3. The Balaban J connectivity index is 1.86. The first-order valence-electron chi connectivity index (χ1n) is 9.66. The summed E-state index contributed by atoms with van der Waals surface area (Å²) >= 11 is 1.58. The zero-order valence-corrected chi connectivity index (χ0v) is 18.3. The van der Waals surface area contributed by atoms with Crippen molar-refractivity contribution in [1.82, 2.24) is 10.3 Å². The fourth-order valence-corrected chi connectivity index (χ4v) is 3.43. The molecule has 2 aromatic rings. The summed E-state index contributed by atoms with van der Waals surface area (Å²) in [5, 5.41) is 11.0. The van der Waals surface area contributed by atoms with Crippen molar-refractivity contribution in [2.45, 2.75) is 45.6 Å². The fourth-order valence-electron chi connectivity index (χ4n) is 2.56. The summed E-state index contributed by atoms with van der Waals surface area (Å²) in [7, 11) is 1.57. The van der Waals surface area contributed by atoms with Crippen LogP contribution >= 0.6 is 11.3 Å². The fraction of sp³-hybridized carbons (Fsp3) is 0.550. The summed E-state index contributed by atoms with van der Waals surface area (Å²) in [5.74, 6) is -0.117. The van der Waals surface area contributed by atoms with Gasteiger partial charge in [0.1, 0.15) is 5.60 Å². The first-order chi connectivity index (χ1) is 13.8. The predicted molar refractivity (Wildman–Crippen MR) is 117 cm³/mol. The number of hydrogen-bond acceptors (Lipinski definition) is 7. The highest BCUT2D eigenvalue weighted by atomic mass is 32.1. The van der Waals surface area contributed by atoms with Crippen LogP contribution in [0.5, 0.6) is 0 Å². The molecule has 2 heterocycles. The maximum atomic E-state index is 12.1. The van der Waals surface area contributed by atoms with E-state index in [1.54, 1.807) is 24.6 Å². The van der Waals surface area contributed by atoms with E-state index in [0.717, 1.165) is 28.7 Å². The summed E-state index contributed by atoms with van der Waals surface area (Å²) in [6.45, 7) is 7.12. The zero-order chi connectivity index (χ0) is 21.3. The van der Waals surface area contributed by atoms with Gasteiger partial charge >= 0.3 is 6.09 Å². The molecule has 0 spiro atoms. The molecule has 0 saturated carbocycles. The lowest BCUT2D eigenvalue weighted by Gasteiger charge is -2.19. The van der Waals surface area contributed by atoms with E-state index in [1.165, 1.54) is 0 Å². The highest BCUT2D eigenvalue weighted by molar-refractivity contribution is 7.17. The van der Waals surface area contributed by atoms with Crippen LogP contribution in [0.25, 0.3) is 10.2 Å². The number of pyridine rings is 1. The minimum atomic E-state index is -0.497.